The van der Waals surface area contributed by atoms with E-state index in [2.05, 4.69) is 22.4 Å². The van der Waals surface area contributed by atoms with Crippen molar-refractivity contribution in [2.24, 2.45) is 0 Å². The minimum atomic E-state index is -1.10. The number of carbonyl (C=O) groups is 1. The van der Waals surface area contributed by atoms with Crippen LogP contribution >= 0.6 is 0 Å². The van der Waals surface area contributed by atoms with E-state index in [-0.39, 0.29) is 11.9 Å². The largest absolute Gasteiger partial charge is 0.348 e. The molecular weight excluding hydrogens is 444 g/mol. The number of benzene rings is 3. The van der Waals surface area contributed by atoms with Gasteiger partial charge in [-0.25, -0.2) is 0 Å². The minimum Gasteiger partial charge on any atom is -0.348 e. The van der Waals surface area contributed by atoms with Gasteiger partial charge in [-0.3, -0.25) is 13.9 Å². The van der Waals surface area contributed by atoms with E-state index in [1.54, 1.807) is 42.7 Å². The Morgan fingerprint density at radius 1 is 1.03 bits per heavy atom. The maximum absolute atomic E-state index is 12.6. The highest BCUT2D eigenvalue weighted by atomic mass is 32.2. The average molecular weight is 469 g/mol. The Morgan fingerprint density at radius 3 is 2.29 bits per heavy atom. The lowest BCUT2D eigenvalue weighted by Crippen LogP contribution is -2.37. The van der Waals surface area contributed by atoms with Gasteiger partial charge in [0.15, 0.2) is 0 Å². The molecule has 4 rings (SSSR count). The Morgan fingerprint density at radius 2 is 1.68 bits per heavy atom. The third-order valence-corrected chi connectivity index (χ3v) is 6.93. The van der Waals surface area contributed by atoms with Crippen molar-refractivity contribution in [3.63, 3.8) is 0 Å². The predicted octanol–water partition coefficient (Wildman–Crippen LogP) is 3.84. The van der Waals surface area contributed by atoms with Crippen LogP contribution in [0.3, 0.4) is 0 Å². The molecule has 1 aliphatic heterocycles. The van der Waals surface area contributed by atoms with Crippen molar-refractivity contribution in [2.45, 2.75) is 23.9 Å². The molecule has 1 amide bonds. The molecule has 0 spiro atoms. The van der Waals surface area contributed by atoms with Gasteiger partial charge in [-0.2, -0.15) is 10.5 Å². The molecule has 0 aromatic heterocycles. The summed E-state index contributed by atoms with van der Waals surface area (Å²) in [4.78, 5) is 15.7. The Kier molecular flexibility index (Phi) is 7.18. The molecule has 3 aromatic carbocycles. The first-order valence-corrected chi connectivity index (χ1v) is 12.5. The molecule has 6 nitrogen and oxygen atoms in total. The molecule has 0 radical (unpaired) electrons. The summed E-state index contributed by atoms with van der Waals surface area (Å²) in [5.41, 5.74) is 4.76. The second-order valence-corrected chi connectivity index (χ2v) is 9.73. The molecule has 1 unspecified atom stereocenters. The number of amides is 1. The maximum atomic E-state index is 12.6. The molecule has 0 saturated carbocycles. The van der Waals surface area contributed by atoms with E-state index in [0.717, 1.165) is 41.1 Å². The first kappa shape index (κ1) is 23.4. The lowest BCUT2D eigenvalue weighted by molar-refractivity contribution is 0.0937. The van der Waals surface area contributed by atoms with Crippen molar-refractivity contribution in [1.29, 1.82) is 10.5 Å². The number of hydrogen-bond acceptors (Lipinski definition) is 5. The lowest BCUT2D eigenvalue weighted by atomic mass is 9.98. The standard InChI is InChI=1S/C27H24N4O2S/c1-34(33)25-11-10-23(26(14-25)21-6-2-19(15-28)3-7-21)17-31-13-12-24(18-31)30-27(32)22-8-4-20(16-29)5-9-22/h2-11,14,24H,12-13,17-18H2,1H3,(H,30,32)/t24-,34?/m1/s1. The topological polar surface area (TPSA) is 97.0 Å². The molecule has 1 aliphatic rings. The van der Waals surface area contributed by atoms with Gasteiger partial charge in [-0.05, 0) is 71.6 Å². The third kappa shape index (κ3) is 5.40. The van der Waals surface area contributed by atoms with Crippen LogP contribution in [0.1, 0.15) is 33.5 Å². The second kappa shape index (κ2) is 10.4. The number of likely N-dealkylation sites (tertiary alicyclic amines) is 1. The highest BCUT2D eigenvalue weighted by molar-refractivity contribution is 7.84. The van der Waals surface area contributed by atoms with Crippen LogP contribution in [0.2, 0.25) is 0 Å². The normalized spacial score (nSPS) is 16.4. The zero-order valence-electron chi connectivity index (χ0n) is 18.8. The van der Waals surface area contributed by atoms with E-state index in [0.29, 0.717) is 23.2 Å². The van der Waals surface area contributed by atoms with Crippen LogP contribution in [-0.4, -0.2) is 40.4 Å². The zero-order chi connectivity index (χ0) is 24.1. The third-order valence-electron chi connectivity index (χ3n) is 6.02. The number of hydrogen-bond donors (Lipinski definition) is 1. The van der Waals surface area contributed by atoms with Crippen molar-refractivity contribution in [2.75, 3.05) is 19.3 Å². The van der Waals surface area contributed by atoms with Gasteiger partial charge in [0, 0.05) is 53.2 Å². The Bertz CT molecular complexity index is 1300. The molecule has 1 heterocycles. The summed E-state index contributed by atoms with van der Waals surface area (Å²) in [7, 11) is -1.10. The summed E-state index contributed by atoms with van der Waals surface area (Å²) < 4.78 is 12.1. The molecule has 1 N–H and O–H groups in total. The lowest BCUT2D eigenvalue weighted by Gasteiger charge is -2.20. The van der Waals surface area contributed by atoms with Crippen LogP contribution in [0, 0.1) is 22.7 Å². The molecule has 3 aromatic rings. The van der Waals surface area contributed by atoms with Gasteiger partial charge in [-0.15, -0.1) is 0 Å². The number of nitrogens with one attached hydrogen (secondary N) is 1. The number of carbonyl (C=O) groups excluding carboxylic acids is 1. The second-order valence-electron chi connectivity index (χ2n) is 8.35. The fourth-order valence-electron chi connectivity index (χ4n) is 4.17. The van der Waals surface area contributed by atoms with Gasteiger partial charge < -0.3 is 5.32 Å². The molecule has 1 fully saturated rings. The monoisotopic (exact) mass is 468 g/mol. The van der Waals surface area contributed by atoms with Crippen molar-refractivity contribution in [3.05, 3.63) is 89.0 Å². The summed E-state index contributed by atoms with van der Waals surface area (Å²) in [5.74, 6) is -0.135. The molecule has 7 heteroatoms. The molecule has 34 heavy (non-hydrogen) atoms. The van der Waals surface area contributed by atoms with Crippen molar-refractivity contribution in [3.8, 4) is 23.3 Å². The van der Waals surface area contributed by atoms with E-state index in [1.165, 1.54) is 0 Å². The molecule has 1 saturated heterocycles. The van der Waals surface area contributed by atoms with Crippen LogP contribution in [-0.2, 0) is 17.3 Å². The first-order valence-electron chi connectivity index (χ1n) is 11.0. The summed E-state index contributed by atoms with van der Waals surface area (Å²) in [6.07, 6.45) is 2.52. The van der Waals surface area contributed by atoms with E-state index in [1.807, 2.05) is 30.3 Å². The molecule has 0 aliphatic carbocycles. The maximum Gasteiger partial charge on any atom is 0.251 e. The minimum absolute atomic E-state index is 0.0453. The predicted molar refractivity (Wildman–Crippen MR) is 131 cm³/mol. The average Bonchev–Trinajstić information content (AvgIpc) is 3.30. The van der Waals surface area contributed by atoms with Gasteiger partial charge in [0.05, 0.1) is 23.3 Å². The van der Waals surface area contributed by atoms with Crippen LogP contribution in [0.4, 0.5) is 0 Å². The number of rotatable bonds is 6. The summed E-state index contributed by atoms with van der Waals surface area (Å²) in [5, 5.41) is 21.1. The van der Waals surface area contributed by atoms with Gasteiger partial charge in [0.1, 0.15) is 0 Å². The fourth-order valence-corrected chi connectivity index (χ4v) is 4.71. The van der Waals surface area contributed by atoms with Gasteiger partial charge in [0.25, 0.3) is 5.91 Å². The van der Waals surface area contributed by atoms with Crippen molar-refractivity contribution in [1.82, 2.24) is 10.2 Å². The van der Waals surface area contributed by atoms with Crippen LogP contribution in [0.25, 0.3) is 11.1 Å². The van der Waals surface area contributed by atoms with Crippen molar-refractivity contribution < 1.29 is 9.00 Å². The highest BCUT2D eigenvalue weighted by Gasteiger charge is 2.25. The first-order chi connectivity index (χ1) is 16.5. The van der Waals surface area contributed by atoms with Crippen molar-refractivity contribution >= 4 is 16.7 Å². The SMILES string of the molecule is CS(=O)c1ccc(CN2CC[C@@H](NC(=O)c3ccc(C#N)cc3)C2)c(-c2ccc(C#N)cc2)c1. The quantitative estimate of drug-likeness (QED) is 0.593. The molecule has 2 atom stereocenters. The fraction of sp³-hybridized carbons (Fsp3) is 0.222. The highest BCUT2D eigenvalue weighted by Crippen LogP contribution is 2.28. The van der Waals surface area contributed by atoms with Crippen LogP contribution in [0.5, 0.6) is 0 Å². The van der Waals surface area contributed by atoms with Gasteiger partial charge in [-0.1, -0.05) is 18.2 Å². The van der Waals surface area contributed by atoms with Gasteiger partial charge >= 0.3 is 0 Å². The van der Waals surface area contributed by atoms with E-state index < -0.39 is 10.8 Å². The molecule has 170 valence electrons. The van der Waals surface area contributed by atoms with E-state index in [4.69, 9.17) is 10.5 Å². The number of nitriles is 2. The van der Waals surface area contributed by atoms with Crippen LogP contribution in [0.15, 0.2) is 71.6 Å². The molecular formula is C27H24N4O2S. The summed E-state index contributed by atoms with van der Waals surface area (Å²) in [6.45, 7) is 2.29. The Hall–Kier alpha value is -3.78. The summed E-state index contributed by atoms with van der Waals surface area (Å²) in [6, 6.07) is 24.2. The Labute approximate surface area is 201 Å². The number of nitrogens with zero attached hydrogens (tertiary/aromatic N) is 3. The zero-order valence-corrected chi connectivity index (χ0v) is 19.6. The molecule has 0 bridgehead atoms. The Balaban J connectivity index is 1.47. The van der Waals surface area contributed by atoms with Gasteiger partial charge in [0.2, 0.25) is 0 Å². The van der Waals surface area contributed by atoms with E-state index >= 15 is 0 Å². The smallest absolute Gasteiger partial charge is 0.251 e. The summed E-state index contributed by atoms with van der Waals surface area (Å²) >= 11 is 0. The van der Waals surface area contributed by atoms with Crippen LogP contribution < -0.4 is 5.32 Å². The van der Waals surface area contributed by atoms with E-state index in [9.17, 15) is 9.00 Å².